The third kappa shape index (κ3) is 2.96. The fraction of sp³-hybridized carbons (Fsp3) is 1.00. The van der Waals surface area contributed by atoms with E-state index in [1.807, 2.05) is 0 Å². The molecule has 0 amide bonds. The van der Waals surface area contributed by atoms with E-state index in [1.165, 1.54) is 12.8 Å². The molecule has 0 aromatic rings. The molecule has 2 N–H and O–H groups in total. The first kappa shape index (κ1) is 11.0. The maximum absolute atomic E-state index is 6.27. The van der Waals surface area contributed by atoms with Gasteiger partial charge in [0.1, 0.15) is 0 Å². The van der Waals surface area contributed by atoms with E-state index in [2.05, 4.69) is 20.8 Å². The van der Waals surface area contributed by atoms with Crippen molar-refractivity contribution in [3.8, 4) is 0 Å². The third-order valence-corrected chi connectivity index (χ3v) is 3.43. The fourth-order valence-electron chi connectivity index (χ4n) is 1.96. The van der Waals surface area contributed by atoms with Gasteiger partial charge in [-0.25, -0.2) is 0 Å². The first-order valence-electron chi connectivity index (χ1n) is 5.46. The lowest BCUT2D eigenvalue weighted by Crippen LogP contribution is -2.45. The number of nitrogens with two attached hydrogens (primary N) is 1. The lowest BCUT2D eigenvalue weighted by Gasteiger charge is -2.33. The topological polar surface area (TPSA) is 35.2 Å². The van der Waals surface area contributed by atoms with Gasteiger partial charge < -0.3 is 10.5 Å². The number of hydrogen-bond acceptors (Lipinski definition) is 2. The maximum Gasteiger partial charge on any atom is 0.0593 e. The molecule has 1 heterocycles. The predicted octanol–water partition coefficient (Wildman–Crippen LogP) is 2.32. The summed E-state index contributed by atoms with van der Waals surface area (Å²) in [4.78, 5) is 0. The monoisotopic (exact) mass is 185 g/mol. The molecule has 3 unspecified atom stereocenters. The van der Waals surface area contributed by atoms with Gasteiger partial charge in [0.25, 0.3) is 0 Å². The van der Waals surface area contributed by atoms with Crippen molar-refractivity contribution in [3.63, 3.8) is 0 Å². The van der Waals surface area contributed by atoms with Crippen molar-refractivity contribution in [1.82, 2.24) is 0 Å². The van der Waals surface area contributed by atoms with Crippen LogP contribution in [-0.2, 0) is 4.74 Å². The highest BCUT2D eigenvalue weighted by Crippen LogP contribution is 2.27. The van der Waals surface area contributed by atoms with Crippen LogP contribution in [0.15, 0.2) is 0 Å². The zero-order valence-corrected chi connectivity index (χ0v) is 9.18. The normalized spacial score (nSPS) is 30.0. The summed E-state index contributed by atoms with van der Waals surface area (Å²) in [5.41, 5.74) is 6.22. The molecule has 3 atom stereocenters. The molecular formula is C11H23NO. The van der Waals surface area contributed by atoms with E-state index in [0.29, 0.717) is 12.0 Å². The summed E-state index contributed by atoms with van der Waals surface area (Å²) in [6.07, 6.45) is 5.00. The molecule has 1 aliphatic heterocycles. The molecule has 0 radical (unpaired) electrons. The van der Waals surface area contributed by atoms with Crippen LogP contribution in [0.2, 0.25) is 0 Å². The van der Waals surface area contributed by atoms with Crippen LogP contribution < -0.4 is 5.73 Å². The molecule has 0 bridgehead atoms. The van der Waals surface area contributed by atoms with Crippen LogP contribution >= 0.6 is 0 Å². The number of rotatable bonds is 4. The van der Waals surface area contributed by atoms with E-state index < -0.39 is 0 Å². The summed E-state index contributed by atoms with van der Waals surface area (Å²) in [6.45, 7) is 7.52. The highest BCUT2D eigenvalue weighted by atomic mass is 16.5. The van der Waals surface area contributed by atoms with Crippen molar-refractivity contribution < 1.29 is 4.74 Å². The molecule has 0 aliphatic carbocycles. The summed E-state index contributed by atoms with van der Waals surface area (Å²) in [7, 11) is 0. The molecule has 1 aliphatic rings. The molecule has 78 valence electrons. The molecule has 1 saturated heterocycles. The van der Waals surface area contributed by atoms with Crippen molar-refractivity contribution in [2.75, 3.05) is 6.61 Å². The van der Waals surface area contributed by atoms with Crippen molar-refractivity contribution in [2.24, 2.45) is 11.7 Å². The van der Waals surface area contributed by atoms with Crippen molar-refractivity contribution in [3.05, 3.63) is 0 Å². The standard InChI is InChI=1S/C11H23NO/c1-4-9(2)11(3,12)8-10-6-5-7-13-10/h9-10H,4-8,12H2,1-3H3. The average molecular weight is 185 g/mol. The Morgan fingerprint density at radius 1 is 1.62 bits per heavy atom. The van der Waals surface area contributed by atoms with Gasteiger partial charge in [-0.3, -0.25) is 0 Å². The Kier molecular flexibility index (Phi) is 3.74. The quantitative estimate of drug-likeness (QED) is 0.729. The van der Waals surface area contributed by atoms with Gasteiger partial charge in [-0.05, 0) is 32.1 Å². The summed E-state index contributed by atoms with van der Waals surface area (Å²) in [5.74, 6) is 0.580. The van der Waals surface area contributed by atoms with Gasteiger partial charge >= 0.3 is 0 Å². The highest BCUT2D eigenvalue weighted by Gasteiger charge is 2.30. The number of hydrogen-bond donors (Lipinski definition) is 1. The Morgan fingerprint density at radius 2 is 2.31 bits per heavy atom. The van der Waals surface area contributed by atoms with Crippen LogP contribution in [0.4, 0.5) is 0 Å². The summed E-state index contributed by atoms with van der Waals surface area (Å²) < 4.78 is 5.60. The highest BCUT2D eigenvalue weighted by molar-refractivity contribution is 4.87. The van der Waals surface area contributed by atoms with Crippen LogP contribution in [0, 0.1) is 5.92 Å². The first-order valence-corrected chi connectivity index (χ1v) is 5.46. The van der Waals surface area contributed by atoms with Crippen LogP contribution in [0.1, 0.15) is 46.5 Å². The largest absolute Gasteiger partial charge is 0.378 e. The van der Waals surface area contributed by atoms with E-state index >= 15 is 0 Å². The van der Waals surface area contributed by atoms with Gasteiger partial charge in [0.15, 0.2) is 0 Å². The second-order valence-electron chi connectivity index (χ2n) is 4.65. The zero-order valence-electron chi connectivity index (χ0n) is 9.18. The van der Waals surface area contributed by atoms with Crippen LogP contribution in [-0.4, -0.2) is 18.2 Å². The Balaban J connectivity index is 2.40. The smallest absolute Gasteiger partial charge is 0.0593 e. The molecule has 1 fully saturated rings. The molecule has 0 saturated carbocycles. The molecule has 0 aromatic carbocycles. The Morgan fingerprint density at radius 3 is 2.77 bits per heavy atom. The summed E-state index contributed by atoms with van der Waals surface area (Å²) in [5, 5.41) is 0. The zero-order chi connectivity index (χ0) is 9.90. The molecule has 2 nitrogen and oxygen atoms in total. The van der Waals surface area contributed by atoms with Gasteiger partial charge in [0, 0.05) is 12.1 Å². The lowest BCUT2D eigenvalue weighted by atomic mass is 9.81. The van der Waals surface area contributed by atoms with Crippen LogP contribution in [0.25, 0.3) is 0 Å². The first-order chi connectivity index (χ1) is 6.06. The Bertz CT molecular complexity index is 150. The minimum atomic E-state index is -0.0518. The molecule has 2 heteroatoms. The molecule has 13 heavy (non-hydrogen) atoms. The van der Waals surface area contributed by atoms with Gasteiger partial charge in [-0.2, -0.15) is 0 Å². The predicted molar refractivity (Wildman–Crippen MR) is 55.6 cm³/mol. The molecular weight excluding hydrogens is 162 g/mol. The third-order valence-electron chi connectivity index (χ3n) is 3.43. The summed E-state index contributed by atoms with van der Waals surface area (Å²) >= 11 is 0. The number of ether oxygens (including phenoxy) is 1. The second-order valence-corrected chi connectivity index (χ2v) is 4.65. The molecule has 1 rings (SSSR count). The van der Waals surface area contributed by atoms with Crippen molar-refractivity contribution >= 4 is 0 Å². The lowest BCUT2D eigenvalue weighted by molar-refractivity contribution is 0.0747. The molecule has 0 aromatic heterocycles. The van der Waals surface area contributed by atoms with E-state index in [0.717, 1.165) is 19.4 Å². The van der Waals surface area contributed by atoms with Gasteiger partial charge in [-0.15, -0.1) is 0 Å². The van der Waals surface area contributed by atoms with Gasteiger partial charge in [-0.1, -0.05) is 20.3 Å². The Hall–Kier alpha value is -0.0800. The van der Waals surface area contributed by atoms with Crippen LogP contribution in [0.3, 0.4) is 0 Å². The average Bonchev–Trinajstić information content (AvgIpc) is 2.54. The van der Waals surface area contributed by atoms with E-state index in [4.69, 9.17) is 10.5 Å². The second kappa shape index (κ2) is 4.43. The van der Waals surface area contributed by atoms with Crippen LogP contribution in [0.5, 0.6) is 0 Å². The summed E-state index contributed by atoms with van der Waals surface area (Å²) in [6, 6.07) is 0. The minimum absolute atomic E-state index is 0.0518. The SMILES string of the molecule is CCC(C)C(C)(N)CC1CCCO1. The van der Waals surface area contributed by atoms with E-state index in [-0.39, 0.29) is 5.54 Å². The molecule has 0 spiro atoms. The van der Waals surface area contributed by atoms with Gasteiger partial charge in [0.05, 0.1) is 6.10 Å². The maximum atomic E-state index is 6.27. The van der Waals surface area contributed by atoms with Crippen molar-refractivity contribution in [1.29, 1.82) is 0 Å². The Labute approximate surface area is 81.8 Å². The van der Waals surface area contributed by atoms with E-state index in [9.17, 15) is 0 Å². The van der Waals surface area contributed by atoms with Crippen molar-refractivity contribution in [2.45, 2.75) is 58.1 Å². The minimum Gasteiger partial charge on any atom is -0.378 e. The van der Waals surface area contributed by atoms with E-state index in [1.54, 1.807) is 0 Å². The van der Waals surface area contributed by atoms with Gasteiger partial charge in [0.2, 0.25) is 0 Å². The fourth-order valence-corrected chi connectivity index (χ4v) is 1.96.